The molecule has 1 nitrogen and oxygen atoms in total. The summed E-state index contributed by atoms with van der Waals surface area (Å²) >= 11 is 3.75. The molecule has 0 aliphatic heterocycles. The van der Waals surface area contributed by atoms with E-state index in [1.165, 1.54) is 18.8 Å². The molecular weight excluding hydrogens is 478 g/mol. The van der Waals surface area contributed by atoms with Gasteiger partial charge in [-0.25, -0.2) is 0 Å². The van der Waals surface area contributed by atoms with E-state index in [9.17, 15) is 0 Å². The van der Waals surface area contributed by atoms with E-state index in [0.717, 1.165) is 94.3 Å². The Morgan fingerprint density at radius 3 is 1.47 bits per heavy atom. The monoisotopic (exact) mass is 527 g/mol. The minimum Gasteiger partial charge on any atom is -0.304 e. The first-order chi connectivity index (χ1) is 16.8. The summed E-state index contributed by atoms with van der Waals surface area (Å²) in [6.07, 6.45) is 22.3. The van der Waals surface area contributed by atoms with E-state index in [1.54, 1.807) is 77.0 Å². The van der Waals surface area contributed by atoms with Crippen molar-refractivity contribution >= 4 is 15.9 Å². The molecular formula is C32H50BrN. The molecule has 1 N–H and O–H groups in total. The molecule has 0 heterocycles. The molecule has 8 aliphatic carbocycles. The Morgan fingerprint density at radius 2 is 0.941 bits per heavy atom. The second-order valence-corrected chi connectivity index (χ2v) is 15.6. The van der Waals surface area contributed by atoms with Gasteiger partial charge in [0.05, 0.1) is 5.45 Å². The Morgan fingerprint density at radius 1 is 0.500 bits per heavy atom. The summed E-state index contributed by atoms with van der Waals surface area (Å²) in [7, 11) is 0. The SMILES string of the molecule is CC1CCC2C3CCC4C5CCCC6CCCC(C7CCC(C8CCC(NCBr)C1C28)C3C47)C65. The molecule has 16 unspecified atom stereocenters. The average Bonchev–Trinajstić information content (AvgIpc) is 2.87. The third kappa shape index (κ3) is 3.00. The van der Waals surface area contributed by atoms with E-state index < -0.39 is 0 Å². The molecule has 16 atom stereocenters. The van der Waals surface area contributed by atoms with Crippen molar-refractivity contribution in [2.75, 3.05) is 5.45 Å². The van der Waals surface area contributed by atoms with Crippen molar-refractivity contribution in [3.63, 3.8) is 0 Å². The molecule has 0 aromatic carbocycles. The summed E-state index contributed by atoms with van der Waals surface area (Å²) in [4.78, 5) is 0. The number of nitrogens with one attached hydrogen (secondary N) is 1. The molecule has 8 aliphatic rings. The lowest BCUT2D eigenvalue weighted by Gasteiger charge is -2.70. The Labute approximate surface area is 217 Å². The van der Waals surface area contributed by atoms with Crippen LogP contribution in [0.15, 0.2) is 0 Å². The minimum absolute atomic E-state index is 0.791. The Bertz CT molecular complexity index is 741. The van der Waals surface area contributed by atoms with Gasteiger partial charge in [0.2, 0.25) is 0 Å². The van der Waals surface area contributed by atoms with Gasteiger partial charge in [-0.3, -0.25) is 0 Å². The Balaban J connectivity index is 1.17. The van der Waals surface area contributed by atoms with Crippen molar-refractivity contribution in [1.29, 1.82) is 0 Å². The van der Waals surface area contributed by atoms with Crippen LogP contribution in [0.25, 0.3) is 0 Å². The lowest BCUT2D eigenvalue weighted by molar-refractivity contribution is -0.219. The molecule has 0 amide bonds. The lowest BCUT2D eigenvalue weighted by atomic mass is 9.35. The predicted octanol–water partition coefficient (Wildman–Crippen LogP) is 8.13. The molecule has 0 aromatic rings. The molecule has 0 spiro atoms. The van der Waals surface area contributed by atoms with E-state index >= 15 is 0 Å². The van der Waals surface area contributed by atoms with Crippen LogP contribution in [0.1, 0.15) is 96.8 Å². The number of halogens is 1. The summed E-state index contributed by atoms with van der Waals surface area (Å²) in [6, 6.07) is 0.791. The predicted molar refractivity (Wildman–Crippen MR) is 143 cm³/mol. The number of rotatable bonds is 2. The van der Waals surface area contributed by atoms with Gasteiger partial charge >= 0.3 is 0 Å². The van der Waals surface area contributed by atoms with E-state index in [1.807, 2.05) is 0 Å². The third-order valence-electron chi connectivity index (χ3n) is 14.7. The quantitative estimate of drug-likeness (QED) is 0.282. The topological polar surface area (TPSA) is 12.0 Å². The molecule has 0 radical (unpaired) electrons. The number of fused-ring (bicyclic) bond motifs is 4. The molecule has 2 heteroatoms. The number of hydrogen-bond donors (Lipinski definition) is 1. The van der Waals surface area contributed by atoms with Gasteiger partial charge in [-0.1, -0.05) is 55.0 Å². The average molecular weight is 529 g/mol. The van der Waals surface area contributed by atoms with Crippen molar-refractivity contribution in [2.45, 2.75) is 103 Å². The van der Waals surface area contributed by atoms with Gasteiger partial charge in [-0.2, -0.15) is 0 Å². The van der Waals surface area contributed by atoms with Crippen LogP contribution < -0.4 is 5.32 Å². The van der Waals surface area contributed by atoms with Gasteiger partial charge < -0.3 is 5.32 Å². The van der Waals surface area contributed by atoms with Crippen LogP contribution in [0.4, 0.5) is 0 Å². The van der Waals surface area contributed by atoms with Crippen LogP contribution in [-0.4, -0.2) is 11.5 Å². The fourth-order valence-corrected chi connectivity index (χ4v) is 14.8. The summed E-state index contributed by atoms with van der Waals surface area (Å²) in [5, 5.41) is 3.94. The van der Waals surface area contributed by atoms with E-state index in [0.29, 0.717) is 0 Å². The summed E-state index contributed by atoms with van der Waals surface area (Å²) < 4.78 is 0. The van der Waals surface area contributed by atoms with Gasteiger partial charge in [0.1, 0.15) is 0 Å². The van der Waals surface area contributed by atoms with Crippen LogP contribution in [0, 0.1) is 88.8 Å². The van der Waals surface area contributed by atoms with E-state index in [4.69, 9.17) is 0 Å². The van der Waals surface area contributed by atoms with E-state index in [2.05, 4.69) is 28.2 Å². The van der Waals surface area contributed by atoms with Gasteiger partial charge in [-0.05, 0) is 147 Å². The first-order valence-electron chi connectivity index (χ1n) is 16.1. The zero-order valence-corrected chi connectivity index (χ0v) is 23.3. The first kappa shape index (κ1) is 22.4. The molecule has 34 heavy (non-hydrogen) atoms. The fraction of sp³-hybridized carbons (Fsp3) is 1.00. The van der Waals surface area contributed by atoms with Gasteiger partial charge in [0.25, 0.3) is 0 Å². The van der Waals surface area contributed by atoms with Crippen molar-refractivity contribution in [3.05, 3.63) is 0 Å². The lowest BCUT2D eigenvalue weighted by Crippen LogP contribution is -2.65. The standard InChI is InChI=1S/C32H50BrN/c1-17-8-9-21-24-12-10-22-19-6-2-4-18-5-3-7-20(29(18)19)23-11-13-25(32(24)31(22)23)26-14-15-27(34-16-33)28(17)30(21)26/h17-32,34H,2-16H2,1H3. The molecule has 0 bridgehead atoms. The van der Waals surface area contributed by atoms with Crippen molar-refractivity contribution < 1.29 is 0 Å². The maximum Gasteiger partial charge on any atom is 0.0519 e. The van der Waals surface area contributed by atoms with Crippen LogP contribution in [-0.2, 0) is 0 Å². The summed E-state index contributed by atoms with van der Waals surface area (Å²) in [5.74, 6) is 16.6. The minimum atomic E-state index is 0.791. The number of alkyl halides is 1. The summed E-state index contributed by atoms with van der Waals surface area (Å²) in [5.41, 5.74) is 0.995. The van der Waals surface area contributed by atoms with Crippen LogP contribution in [0.2, 0.25) is 0 Å². The summed E-state index contributed by atoms with van der Waals surface area (Å²) in [6.45, 7) is 2.63. The highest BCUT2D eigenvalue weighted by Gasteiger charge is 2.66. The maximum absolute atomic E-state index is 3.94. The van der Waals surface area contributed by atoms with Crippen LogP contribution >= 0.6 is 15.9 Å². The van der Waals surface area contributed by atoms with Gasteiger partial charge in [-0.15, -0.1) is 0 Å². The molecule has 190 valence electrons. The van der Waals surface area contributed by atoms with Crippen LogP contribution in [0.5, 0.6) is 0 Å². The normalized spacial score (nSPS) is 61.6. The van der Waals surface area contributed by atoms with Crippen LogP contribution in [0.3, 0.4) is 0 Å². The maximum atomic E-state index is 3.94. The molecule has 8 rings (SSSR count). The highest BCUT2D eigenvalue weighted by Crippen LogP contribution is 2.72. The third-order valence-corrected chi connectivity index (χ3v) is 15.0. The van der Waals surface area contributed by atoms with E-state index in [-0.39, 0.29) is 0 Å². The Hall–Kier alpha value is 0.440. The van der Waals surface area contributed by atoms with Gasteiger partial charge in [0, 0.05) is 6.04 Å². The zero-order chi connectivity index (χ0) is 22.6. The number of hydrogen-bond acceptors (Lipinski definition) is 1. The zero-order valence-electron chi connectivity index (χ0n) is 21.7. The molecule has 8 saturated carbocycles. The smallest absolute Gasteiger partial charge is 0.0519 e. The second-order valence-electron chi connectivity index (χ2n) is 15.1. The van der Waals surface area contributed by atoms with Crippen molar-refractivity contribution in [3.8, 4) is 0 Å². The van der Waals surface area contributed by atoms with Gasteiger partial charge in [0.15, 0.2) is 0 Å². The molecule has 8 fully saturated rings. The molecule has 0 saturated heterocycles. The molecule has 0 aromatic heterocycles. The van der Waals surface area contributed by atoms with Crippen molar-refractivity contribution in [2.24, 2.45) is 88.8 Å². The fourth-order valence-electron chi connectivity index (χ4n) is 14.3. The highest BCUT2D eigenvalue weighted by molar-refractivity contribution is 9.09. The first-order valence-corrected chi connectivity index (χ1v) is 17.2. The Kier molecular flexibility index (Phi) is 5.59. The second kappa shape index (κ2) is 8.47. The highest BCUT2D eigenvalue weighted by atomic mass is 79.9. The largest absolute Gasteiger partial charge is 0.304 e. The van der Waals surface area contributed by atoms with Crippen molar-refractivity contribution in [1.82, 2.24) is 5.32 Å².